The molecule has 6 nitrogen and oxygen atoms in total. The number of aromatic amines is 1. The maximum Gasteiger partial charge on any atom is 0.337 e. The number of carboxylic acids is 1. The van der Waals surface area contributed by atoms with Gasteiger partial charge in [0.25, 0.3) is 0 Å². The predicted molar refractivity (Wildman–Crippen MR) is 80.0 cm³/mol. The number of benzene rings is 1. The SMILES string of the molecule is CC(C)CC(C)n1c(=O)c(=O)[nH]c2c(C(=O)O)cccc21. The second kappa shape index (κ2) is 5.55. The number of carbonyl (C=O) groups is 1. The largest absolute Gasteiger partial charge is 0.478 e. The molecule has 1 unspecified atom stereocenters. The van der Waals surface area contributed by atoms with Crippen molar-refractivity contribution < 1.29 is 9.90 Å². The summed E-state index contributed by atoms with van der Waals surface area (Å²) >= 11 is 0. The van der Waals surface area contributed by atoms with Gasteiger partial charge in [-0.05, 0) is 31.4 Å². The van der Waals surface area contributed by atoms with Crippen molar-refractivity contribution in [2.75, 3.05) is 0 Å². The molecule has 1 atom stereocenters. The number of aromatic nitrogens is 2. The molecular weight excluding hydrogens is 272 g/mol. The van der Waals surface area contributed by atoms with E-state index in [9.17, 15) is 19.5 Å². The fraction of sp³-hybridized carbons (Fsp3) is 0.400. The van der Waals surface area contributed by atoms with Crippen LogP contribution in [0.2, 0.25) is 0 Å². The van der Waals surface area contributed by atoms with Crippen molar-refractivity contribution in [3.63, 3.8) is 0 Å². The Morgan fingerprint density at radius 1 is 1.29 bits per heavy atom. The van der Waals surface area contributed by atoms with Gasteiger partial charge in [-0.25, -0.2) is 4.79 Å². The molecule has 0 aliphatic heterocycles. The molecule has 2 N–H and O–H groups in total. The van der Waals surface area contributed by atoms with Crippen LogP contribution in [0.5, 0.6) is 0 Å². The maximum atomic E-state index is 12.2. The number of aromatic carboxylic acids is 1. The number of carboxylic acid groups (broad SMARTS) is 1. The van der Waals surface area contributed by atoms with Gasteiger partial charge in [0.15, 0.2) is 0 Å². The molecule has 0 bridgehead atoms. The first-order valence-corrected chi connectivity index (χ1v) is 6.83. The number of hydrogen-bond acceptors (Lipinski definition) is 3. The summed E-state index contributed by atoms with van der Waals surface area (Å²) in [7, 11) is 0. The molecular formula is C15H18N2O4. The minimum atomic E-state index is -1.14. The predicted octanol–water partition coefficient (Wildman–Crippen LogP) is 2.00. The number of rotatable bonds is 4. The Labute approximate surface area is 121 Å². The van der Waals surface area contributed by atoms with Gasteiger partial charge < -0.3 is 10.1 Å². The molecule has 0 amide bonds. The molecule has 0 radical (unpaired) electrons. The molecule has 2 aromatic rings. The summed E-state index contributed by atoms with van der Waals surface area (Å²) in [6.45, 7) is 5.91. The fourth-order valence-electron chi connectivity index (χ4n) is 2.66. The number of para-hydroxylation sites is 1. The summed E-state index contributed by atoms with van der Waals surface area (Å²) in [6, 6.07) is 4.44. The molecule has 0 aliphatic carbocycles. The Balaban J connectivity index is 2.83. The lowest BCUT2D eigenvalue weighted by molar-refractivity contribution is 0.0698. The lowest BCUT2D eigenvalue weighted by Gasteiger charge is -2.19. The van der Waals surface area contributed by atoms with Gasteiger partial charge in [0.05, 0.1) is 16.6 Å². The van der Waals surface area contributed by atoms with Gasteiger partial charge in [0.2, 0.25) is 0 Å². The van der Waals surface area contributed by atoms with Crippen LogP contribution in [0.25, 0.3) is 11.0 Å². The number of fused-ring (bicyclic) bond motifs is 1. The highest BCUT2D eigenvalue weighted by atomic mass is 16.4. The van der Waals surface area contributed by atoms with E-state index in [1.165, 1.54) is 10.6 Å². The van der Waals surface area contributed by atoms with E-state index >= 15 is 0 Å². The lowest BCUT2D eigenvalue weighted by atomic mass is 10.0. The first kappa shape index (κ1) is 15.0. The van der Waals surface area contributed by atoms with Crippen molar-refractivity contribution in [1.29, 1.82) is 0 Å². The van der Waals surface area contributed by atoms with Crippen LogP contribution in [0.1, 0.15) is 43.6 Å². The van der Waals surface area contributed by atoms with Crippen LogP contribution in [0, 0.1) is 5.92 Å². The van der Waals surface area contributed by atoms with Gasteiger partial charge in [-0.3, -0.25) is 14.2 Å². The van der Waals surface area contributed by atoms with Gasteiger partial charge >= 0.3 is 17.1 Å². The molecule has 0 aliphatic rings. The van der Waals surface area contributed by atoms with Gasteiger partial charge in [-0.1, -0.05) is 19.9 Å². The minimum absolute atomic E-state index is 0.0184. The topological polar surface area (TPSA) is 92.2 Å². The van der Waals surface area contributed by atoms with Gasteiger partial charge in [-0.15, -0.1) is 0 Å². The van der Waals surface area contributed by atoms with Gasteiger partial charge in [0.1, 0.15) is 0 Å². The fourth-order valence-corrected chi connectivity index (χ4v) is 2.66. The summed E-state index contributed by atoms with van der Waals surface area (Å²) in [5, 5.41) is 9.21. The van der Waals surface area contributed by atoms with Crippen molar-refractivity contribution in [3.05, 3.63) is 44.5 Å². The lowest BCUT2D eigenvalue weighted by Crippen LogP contribution is -2.38. The summed E-state index contributed by atoms with van der Waals surface area (Å²) < 4.78 is 1.39. The number of hydrogen-bond donors (Lipinski definition) is 2. The quantitative estimate of drug-likeness (QED) is 0.842. The Bertz CT molecular complexity index is 801. The molecule has 1 heterocycles. The summed E-state index contributed by atoms with van der Waals surface area (Å²) in [5.41, 5.74) is -0.849. The normalized spacial score (nSPS) is 12.8. The van der Waals surface area contributed by atoms with Crippen molar-refractivity contribution in [2.45, 2.75) is 33.2 Å². The molecule has 0 spiro atoms. The van der Waals surface area contributed by atoms with E-state index in [4.69, 9.17) is 0 Å². The number of H-pyrrole nitrogens is 1. The molecule has 0 saturated heterocycles. The average molecular weight is 290 g/mol. The molecule has 6 heteroatoms. The Hall–Kier alpha value is -2.37. The number of nitrogens with one attached hydrogen (secondary N) is 1. The van der Waals surface area contributed by atoms with Crippen LogP contribution < -0.4 is 11.1 Å². The monoisotopic (exact) mass is 290 g/mol. The highest BCUT2D eigenvalue weighted by molar-refractivity contribution is 6.00. The standard InChI is InChI=1S/C15H18N2O4/c1-8(2)7-9(3)17-11-6-4-5-10(15(20)21)12(11)16-13(18)14(17)19/h4-6,8-9H,7H2,1-3H3,(H,16,18)(H,20,21). The van der Waals surface area contributed by atoms with Crippen LogP contribution in [0.4, 0.5) is 0 Å². The first-order chi connectivity index (χ1) is 9.82. The summed E-state index contributed by atoms with van der Waals surface area (Å²) in [5.74, 6) is -0.790. The third kappa shape index (κ3) is 2.74. The summed E-state index contributed by atoms with van der Waals surface area (Å²) in [6.07, 6.45) is 0.718. The molecule has 1 aromatic carbocycles. The Morgan fingerprint density at radius 3 is 2.52 bits per heavy atom. The van der Waals surface area contributed by atoms with Crippen molar-refractivity contribution in [3.8, 4) is 0 Å². The molecule has 0 saturated carbocycles. The van der Waals surface area contributed by atoms with Crippen molar-refractivity contribution in [2.24, 2.45) is 5.92 Å². The van der Waals surface area contributed by atoms with Crippen LogP contribution in [-0.4, -0.2) is 20.6 Å². The highest BCUT2D eigenvalue weighted by Crippen LogP contribution is 2.21. The van der Waals surface area contributed by atoms with E-state index in [0.717, 1.165) is 6.42 Å². The average Bonchev–Trinajstić information content (AvgIpc) is 2.38. The Kier molecular flexibility index (Phi) is 3.97. The van der Waals surface area contributed by atoms with Crippen LogP contribution in [0.3, 0.4) is 0 Å². The van der Waals surface area contributed by atoms with E-state index < -0.39 is 17.1 Å². The molecule has 2 rings (SSSR count). The summed E-state index contributed by atoms with van der Waals surface area (Å²) in [4.78, 5) is 37.6. The highest BCUT2D eigenvalue weighted by Gasteiger charge is 2.18. The second-order valence-corrected chi connectivity index (χ2v) is 5.61. The zero-order valence-electron chi connectivity index (χ0n) is 12.2. The van der Waals surface area contributed by atoms with Crippen molar-refractivity contribution in [1.82, 2.24) is 9.55 Å². The van der Waals surface area contributed by atoms with Gasteiger partial charge in [-0.2, -0.15) is 0 Å². The first-order valence-electron chi connectivity index (χ1n) is 6.83. The van der Waals surface area contributed by atoms with E-state index in [1.54, 1.807) is 12.1 Å². The maximum absolute atomic E-state index is 12.2. The molecule has 21 heavy (non-hydrogen) atoms. The van der Waals surface area contributed by atoms with Crippen molar-refractivity contribution >= 4 is 17.0 Å². The Morgan fingerprint density at radius 2 is 1.95 bits per heavy atom. The smallest absolute Gasteiger partial charge is 0.337 e. The van der Waals surface area contributed by atoms with E-state index in [1.807, 2.05) is 20.8 Å². The van der Waals surface area contributed by atoms with Crippen LogP contribution in [-0.2, 0) is 0 Å². The molecule has 0 fully saturated rings. The third-order valence-corrected chi connectivity index (χ3v) is 3.44. The van der Waals surface area contributed by atoms with E-state index in [0.29, 0.717) is 11.4 Å². The third-order valence-electron chi connectivity index (χ3n) is 3.44. The van der Waals surface area contributed by atoms with Crippen LogP contribution >= 0.6 is 0 Å². The van der Waals surface area contributed by atoms with Crippen LogP contribution in [0.15, 0.2) is 27.8 Å². The molecule has 112 valence electrons. The second-order valence-electron chi connectivity index (χ2n) is 5.61. The molecule has 1 aromatic heterocycles. The van der Waals surface area contributed by atoms with E-state index in [2.05, 4.69) is 4.98 Å². The minimum Gasteiger partial charge on any atom is -0.478 e. The zero-order valence-corrected chi connectivity index (χ0v) is 12.2. The van der Waals surface area contributed by atoms with Gasteiger partial charge in [0, 0.05) is 6.04 Å². The number of nitrogens with zero attached hydrogens (tertiary/aromatic N) is 1. The zero-order chi connectivity index (χ0) is 15.7. The van der Waals surface area contributed by atoms with E-state index in [-0.39, 0.29) is 17.1 Å².